The van der Waals surface area contributed by atoms with Crippen LogP contribution in [0.5, 0.6) is 5.75 Å². The monoisotopic (exact) mass is 382 g/mol. The van der Waals surface area contributed by atoms with E-state index in [-0.39, 0.29) is 18.7 Å². The molecule has 0 bridgehead atoms. The lowest BCUT2D eigenvalue weighted by atomic mass is 10.0. The fourth-order valence-electron chi connectivity index (χ4n) is 3.23. The molecule has 2 aliphatic heterocycles. The molecule has 0 saturated carbocycles. The number of likely N-dealkylation sites (tertiary alicyclic amines) is 1. The standard InChI is InChI=1S/C19H18N4O5/c1-22-7-6-19(27,18(22)26)5-4-11-2-3-16-14(8-11)23-13(15(24)10-28-16)9-12(21-23)17(20)25/h2-3,8-9,15,24,27H,6-7,10H2,1H3,(H2,20,25)/t15-,19-/m0/s1. The van der Waals surface area contributed by atoms with Gasteiger partial charge in [-0.15, -0.1) is 0 Å². The van der Waals surface area contributed by atoms with Crippen molar-refractivity contribution in [2.75, 3.05) is 20.2 Å². The molecular weight excluding hydrogens is 364 g/mol. The number of benzene rings is 1. The van der Waals surface area contributed by atoms with Crippen molar-refractivity contribution < 1.29 is 24.5 Å². The zero-order valence-corrected chi connectivity index (χ0v) is 15.0. The Morgan fingerprint density at radius 1 is 1.43 bits per heavy atom. The van der Waals surface area contributed by atoms with Crippen LogP contribution in [0.15, 0.2) is 24.3 Å². The number of carbonyl (C=O) groups excluding carboxylic acids is 2. The number of hydrogen-bond acceptors (Lipinski definition) is 6. The number of ether oxygens (including phenoxy) is 1. The van der Waals surface area contributed by atoms with E-state index in [0.29, 0.717) is 29.2 Å². The molecule has 2 aliphatic rings. The van der Waals surface area contributed by atoms with Crippen LogP contribution in [-0.2, 0) is 4.79 Å². The minimum Gasteiger partial charge on any atom is -0.488 e. The lowest BCUT2D eigenvalue weighted by molar-refractivity contribution is -0.137. The summed E-state index contributed by atoms with van der Waals surface area (Å²) in [6, 6.07) is 6.39. The maximum atomic E-state index is 12.1. The predicted octanol–water partition coefficient (Wildman–Crippen LogP) is -0.658. The highest BCUT2D eigenvalue weighted by Gasteiger charge is 2.42. The quantitative estimate of drug-likeness (QED) is 0.562. The van der Waals surface area contributed by atoms with Gasteiger partial charge < -0.3 is 25.6 Å². The largest absolute Gasteiger partial charge is 0.488 e. The SMILES string of the molecule is CN1CC[C@@](O)(C#Cc2ccc3c(c2)-n2nc(C(N)=O)cc2[C@@H](O)CO3)C1=O. The number of fused-ring (bicyclic) bond motifs is 3. The van der Waals surface area contributed by atoms with E-state index in [1.54, 1.807) is 25.2 Å². The van der Waals surface area contributed by atoms with Gasteiger partial charge in [-0.1, -0.05) is 11.8 Å². The van der Waals surface area contributed by atoms with Crippen LogP contribution in [0.1, 0.15) is 34.3 Å². The first-order chi connectivity index (χ1) is 13.3. The lowest BCUT2D eigenvalue weighted by Gasteiger charge is -2.13. The number of aliphatic hydroxyl groups excluding tert-OH is 1. The zero-order valence-electron chi connectivity index (χ0n) is 15.0. The highest BCUT2D eigenvalue weighted by atomic mass is 16.5. The fraction of sp³-hybridized carbons (Fsp3) is 0.316. The first-order valence-corrected chi connectivity index (χ1v) is 8.65. The minimum absolute atomic E-state index is 0.0114. The Hall–Kier alpha value is -3.35. The van der Waals surface area contributed by atoms with Gasteiger partial charge in [-0.2, -0.15) is 5.10 Å². The fourth-order valence-corrected chi connectivity index (χ4v) is 3.23. The van der Waals surface area contributed by atoms with Gasteiger partial charge in [0.25, 0.3) is 11.8 Å². The van der Waals surface area contributed by atoms with Gasteiger partial charge in [-0.3, -0.25) is 9.59 Å². The molecule has 144 valence electrons. The van der Waals surface area contributed by atoms with Crippen molar-refractivity contribution in [1.82, 2.24) is 14.7 Å². The number of aromatic nitrogens is 2. The number of primary amides is 1. The normalized spacial score (nSPS) is 23.2. The van der Waals surface area contributed by atoms with Crippen molar-refractivity contribution in [3.8, 4) is 23.3 Å². The summed E-state index contributed by atoms with van der Waals surface area (Å²) in [5, 5.41) is 24.9. The third kappa shape index (κ3) is 2.89. The van der Waals surface area contributed by atoms with Crippen molar-refractivity contribution in [1.29, 1.82) is 0 Å². The number of carbonyl (C=O) groups is 2. The minimum atomic E-state index is -1.70. The summed E-state index contributed by atoms with van der Waals surface area (Å²) >= 11 is 0. The van der Waals surface area contributed by atoms with Crippen molar-refractivity contribution in [3.05, 3.63) is 41.2 Å². The zero-order chi connectivity index (χ0) is 20.1. The molecule has 0 spiro atoms. The number of hydrogen-bond donors (Lipinski definition) is 3. The molecule has 0 unspecified atom stereocenters. The maximum Gasteiger partial charge on any atom is 0.269 e. The molecule has 1 saturated heterocycles. The van der Waals surface area contributed by atoms with Crippen LogP contribution in [-0.4, -0.2) is 62.5 Å². The van der Waals surface area contributed by atoms with Crippen LogP contribution < -0.4 is 10.5 Å². The summed E-state index contributed by atoms with van der Waals surface area (Å²) in [7, 11) is 1.61. The Morgan fingerprint density at radius 2 is 2.21 bits per heavy atom. The van der Waals surface area contributed by atoms with E-state index in [2.05, 4.69) is 16.9 Å². The van der Waals surface area contributed by atoms with Gasteiger partial charge in [0.15, 0.2) is 5.69 Å². The Morgan fingerprint density at radius 3 is 2.89 bits per heavy atom. The van der Waals surface area contributed by atoms with Crippen molar-refractivity contribution >= 4 is 11.8 Å². The van der Waals surface area contributed by atoms with Crippen LogP contribution in [0, 0.1) is 11.8 Å². The van der Waals surface area contributed by atoms with Crippen LogP contribution in [0.4, 0.5) is 0 Å². The van der Waals surface area contributed by atoms with E-state index in [1.807, 2.05) is 0 Å². The number of nitrogens with two attached hydrogens (primary N) is 1. The second kappa shape index (κ2) is 6.37. The van der Waals surface area contributed by atoms with Crippen LogP contribution in [0.25, 0.3) is 5.69 Å². The molecule has 9 nitrogen and oxygen atoms in total. The third-order valence-electron chi connectivity index (χ3n) is 4.84. The van der Waals surface area contributed by atoms with Crippen LogP contribution in [0.2, 0.25) is 0 Å². The van der Waals surface area contributed by atoms with E-state index >= 15 is 0 Å². The summed E-state index contributed by atoms with van der Waals surface area (Å²) in [4.78, 5) is 25.0. The van der Waals surface area contributed by atoms with E-state index in [1.165, 1.54) is 15.6 Å². The lowest BCUT2D eigenvalue weighted by Crippen LogP contribution is -2.37. The van der Waals surface area contributed by atoms with Gasteiger partial charge in [-0.25, -0.2) is 4.68 Å². The second-order valence-electron chi connectivity index (χ2n) is 6.83. The van der Waals surface area contributed by atoms with Gasteiger partial charge in [0.05, 0.1) is 5.69 Å². The summed E-state index contributed by atoms with van der Waals surface area (Å²) in [6.45, 7) is 0.426. The Balaban J connectivity index is 1.76. The van der Waals surface area contributed by atoms with E-state index in [9.17, 15) is 19.8 Å². The molecule has 9 heteroatoms. The van der Waals surface area contributed by atoms with Crippen molar-refractivity contribution in [2.24, 2.45) is 5.73 Å². The van der Waals surface area contributed by atoms with Gasteiger partial charge >= 0.3 is 0 Å². The highest BCUT2D eigenvalue weighted by molar-refractivity contribution is 5.91. The van der Waals surface area contributed by atoms with Crippen molar-refractivity contribution in [2.45, 2.75) is 18.1 Å². The molecule has 2 amide bonds. The molecule has 4 rings (SSSR count). The molecule has 1 aromatic carbocycles. The Bertz CT molecular complexity index is 1050. The van der Waals surface area contributed by atoms with Crippen LogP contribution >= 0.6 is 0 Å². The molecular formula is C19H18N4O5. The predicted molar refractivity (Wildman–Crippen MR) is 96.6 cm³/mol. The molecule has 0 aliphatic carbocycles. The van der Waals surface area contributed by atoms with Gasteiger partial charge in [0.1, 0.15) is 24.1 Å². The highest BCUT2D eigenvalue weighted by Crippen LogP contribution is 2.32. The molecule has 0 radical (unpaired) electrons. The van der Waals surface area contributed by atoms with E-state index in [0.717, 1.165) is 0 Å². The van der Waals surface area contributed by atoms with Gasteiger partial charge in [-0.05, 0) is 24.3 Å². The van der Waals surface area contributed by atoms with Crippen molar-refractivity contribution in [3.63, 3.8) is 0 Å². The number of aliphatic hydroxyl groups is 2. The first kappa shape index (κ1) is 18.0. The molecule has 2 aromatic rings. The smallest absolute Gasteiger partial charge is 0.269 e. The Labute approximate surface area is 160 Å². The number of rotatable bonds is 1. The molecule has 1 fully saturated rings. The number of nitrogens with zero attached hydrogens (tertiary/aromatic N) is 3. The van der Waals surface area contributed by atoms with E-state index in [4.69, 9.17) is 10.5 Å². The third-order valence-corrected chi connectivity index (χ3v) is 4.84. The summed E-state index contributed by atoms with van der Waals surface area (Å²) < 4.78 is 6.99. The molecule has 28 heavy (non-hydrogen) atoms. The number of likely N-dealkylation sites (N-methyl/N-ethyl adjacent to an activating group) is 1. The Kier molecular flexibility index (Phi) is 4.10. The average Bonchev–Trinajstić information content (AvgIpc) is 3.20. The second-order valence-corrected chi connectivity index (χ2v) is 6.83. The van der Waals surface area contributed by atoms with E-state index < -0.39 is 23.5 Å². The molecule has 1 aromatic heterocycles. The molecule has 4 N–H and O–H groups in total. The summed E-state index contributed by atoms with van der Waals surface area (Å²) in [5.41, 5.74) is 4.96. The van der Waals surface area contributed by atoms with Gasteiger partial charge in [0, 0.05) is 25.6 Å². The summed E-state index contributed by atoms with van der Waals surface area (Å²) in [6.07, 6.45) is -0.754. The van der Waals surface area contributed by atoms with Gasteiger partial charge in [0.2, 0.25) is 5.60 Å². The summed E-state index contributed by atoms with van der Waals surface area (Å²) in [5.74, 6) is 4.78. The first-order valence-electron chi connectivity index (χ1n) is 8.65. The molecule has 3 heterocycles. The maximum absolute atomic E-state index is 12.1. The topological polar surface area (TPSA) is 131 Å². The number of amides is 2. The van der Waals surface area contributed by atoms with Crippen LogP contribution in [0.3, 0.4) is 0 Å². The average molecular weight is 382 g/mol. The molecule has 2 atom stereocenters.